The molecule has 0 aromatic rings. The van der Waals surface area contributed by atoms with Crippen LogP contribution < -0.4 is 5.32 Å². The molecule has 1 fully saturated rings. The van der Waals surface area contributed by atoms with Crippen LogP contribution in [0.2, 0.25) is 0 Å². The largest absolute Gasteiger partial charge is 0.401 e. The van der Waals surface area contributed by atoms with Crippen LogP contribution in [0.4, 0.5) is 26.3 Å². The van der Waals surface area contributed by atoms with E-state index in [0.717, 1.165) is 0 Å². The van der Waals surface area contributed by atoms with Gasteiger partial charge >= 0.3 is 12.4 Å². The van der Waals surface area contributed by atoms with Crippen LogP contribution in [0.25, 0.3) is 0 Å². The minimum absolute atomic E-state index is 0.218. The first-order valence-corrected chi connectivity index (χ1v) is 5.38. The van der Waals surface area contributed by atoms with Gasteiger partial charge < -0.3 is 0 Å². The molecule has 0 bridgehead atoms. The highest BCUT2D eigenvalue weighted by atomic mass is 19.4. The standard InChI is InChI=1S/C10H12F6N2/c11-9(12,13)6-18-8(5-17)3-1-7(2-4-8)10(14,15)16/h7,18H,1-4,6H2. The lowest BCUT2D eigenvalue weighted by Crippen LogP contribution is -2.51. The number of hydrogen-bond donors (Lipinski definition) is 1. The normalized spacial score (nSPS) is 29.9. The summed E-state index contributed by atoms with van der Waals surface area (Å²) in [7, 11) is 0. The summed E-state index contributed by atoms with van der Waals surface area (Å²) < 4.78 is 73.3. The van der Waals surface area contributed by atoms with Crippen LogP contribution in [-0.2, 0) is 0 Å². The lowest BCUT2D eigenvalue weighted by Gasteiger charge is -2.36. The van der Waals surface area contributed by atoms with Crippen LogP contribution in [-0.4, -0.2) is 24.4 Å². The second-order valence-electron chi connectivity index (χ2n) is 4.48. The molecule has 0 atom stereocenters. The van der Waals surface area contributed by atoms with Crippen molar-refractivity contribution >= 4 is 0 Å². The topological polar surface area (TPSA) is 35.8 Å². The summed E-state index contributed by atoms with van der Waals surface area (Å²) in [6.07, 6.45) is -9.90. The predicted octanol–water partition coefficient (Wildman–Crippen LogP) is 3.15. The first kappa shape index (κ1) is 15.1. The number of halogens is 6. The molecule has 0 amide bonds. The molecular formula is C10H12F6N2. The molecule has 1 N–H and O–H groups in total. The van der Waals surface area contributed by atoms with Crippen LogP contribution in [0.3, 0.4) is 0 Å². The van der Waals surface area contributed by atoms with E-state index < -0.39 is 30.4 Å². The van der Waals surface area contributed by atoms with Crippen LogP contribution in [0.15, 0.2) is 0 Å². The summed E-state index contributed by atoms with van der Waals surface area (Å²) in [6, 6.07) is 1.68. The molecule has 1 aliphatic carbocycles. The van der Waals surface area contributed by atoms with E-state index in [0.29, 0.717) is 0 Å². The third-order valence-corrected chi connectivity index (χ3v) is 3.14. The molecule has 8 heteroatoms. The van der Waals surface area contributed by atoms with E-state index in [-0.39, 0.29) is 25.7 Å². The molecule has 0 spiro atoms. The SMILES string of the molecule is N#CC1(NCC(F)(F)F)CCC(C(F)(F)F)CC1. The molecule has 0 unspecified atom stereocenters. The van der Waals surface area contributed by atoms with E-state index in [2.05, 4.69) is 0 Å². The summed E-state index contributed by atoms with van der Waals surface area (Å²) in [5, 5.41) is 10.9. The number of nitriles is 1. The Morgan fingerprint density at radius 1 is 1.11 bits per heavy atom. The Balaban J connectivity index is 2.59. The quantitative estimate of drug-likeness (QED) is 0.785. The van der Waals surface area contributed by atoms with E-state index in [1.54, 1.807) is 6.07 Å². The second-order valence-corrected chi connectivity index (χ2v) is 4.48. The third kappa shape index (κ3) is 4.05. The lowest BCUT2D eigenvalue weighted by atomic mass is 9.77. The maximum absolute atomic E-state index is 12.4. The van der Waals surface area contributed by atoms with E-state index >= 15 is 0 Å². The van der Waals surface area contributed by atoms with Crippen LogP contribution in [0.1, 0.15) is 25.7 Å². The van der Waals surface area contributed by atoms with Crippen molar-refractivity contribution < 1.29 is 26.3 Å². The first-order valence-electron chi connectivity index (χ1n) is 5.38. The molecule has 0 aromatic carbocycles. The second kappa shape index (κ2) is 4.96. The van der Waals surface area contributed by atoms with Gasteiger partial charge in [-0.1, -0.05) is 0 Å². The zero-order chi connectivity index (χ0) is 14.0. The zero-order valence-electron chi connectivity index (χ0n) is 9.33. The number of alkyl halides is 6. The Morgan fingerprint density at radius 2 is 1.61 bits per heavy atom. The smallest absolute Gasteiger partial charge is 0.291 e. The maximum Gasteiger partial charge on any atom is 0.401 e. The van der Waals surface area contributed by atoms with E-state index in [1.165, 1.54) is 0 Å². The molecular weight excluding hydrogens is 262 g/mol. The van der Waals surface area contributed by atoms with Crippen molar-refractivity contribution in [2.45, 2.75) is 43.6 Å². The third-order valence-electron chi connectivity index (χ3n) is 3.14. The van der Waals surface area contributed by atoms with Gasteiger partial charge in [-0.3, -0.25) is 5.32 Å². The molecule has 0 aromatic heterocycles. The molecule has 104 valence electrons. The van der Waals surface area contributed by atoms with Crippen molar-refractivity contribution in [1.82, 2.24) is 5.32 Å². The van der Waals surface area contributed by atoms with Crippen molar-refractivity contribution in [2.75, 3.05) is 6.54 Å². The molecule has 0 radical (unpaired) electrons. The molecule has 1 rings (SSSR count). The summed E-state index contributed by atoms with van der Waals surface area (Å²) >= 11 is 0. The maximum atomic E-state index is 12.4. The van der Waals surface area contributed by atoms with Gasteiger partial charge in [0.15, 0.2) is 0 Å². The number of hydrogen-bond acceptors (Lipinski definition) is 2. The first-order chi connectivity index (χ1) is 8.08. The highest BCUT2D eigenvalue weighted by Gasteiger charge is 2.46. The summed E-state index contributed by atoms with van der Waals surface area (Å²) in [4.78, 5) is 0. The van der Waals surface area contributed by atoms with Crippen molar-refractivity contribution in [1.29, 1.82) is 5.26 Å². The van der Waals surface area contributed by atoms with Gasteiger partial charge in [-0.25, -0.2) is 0 Å². The molecule has 0 aliphatic heterocycles. The fourth-order valence-corrected chi connectivity index (χ4v) is 2.04. The van der Waals surface area contributed by atoms with Gasteiger partial charge in [-0.15, -0.1) is 0 Å². The molecule has 0 saturated heterocycles. The van der Waals surface area contributed by atoms with Crippen molar-refractivity contribution in [3.63, 3.8) is 0 Å². The van der Waals surface area contributed by atoms with Crippen molar-refractivity contribution in [3.8, 4) is 6.07 Å². The average molecular weight is 274 g/mol. The van der Waals surface area contributed by atoms with Gasteiger partial charge in [-0.2, -0.15) is 31.6 Å². The summed E-state index contributed by atoms with van der Waals surface area (Å²) in [5.41, 5.74) is -1.49. The van der Waals surface area contributed by atoms with Gasteiger partial charge in [0.1, 0.15) is 5.54 Å². The lowest BCUT2D eigenvalue weighted by molar-refractivity contribution is -0.185. The van der Waals surface area contributed by atoms with Crippen LogP contribution in [0.5, 0.6) is 0 Å². The highest BCUT2D eigenvalue weighted by molar-refractivity contribution is 5.09. The minimum Gasteiger partial charge on any atom is -0.291 e. The minimum atomic E-state index is -4.48. The van der Waals surface area contributed by atoms with Gasteiger partial charge in [0.2, 0.25) is 0 Å². The van der Waals surface area contributed by atoms with Gasteiger partial charge in [0, 0.05) is 0 Å². The Morgan fingerprint density at radius 3 is 1.94 bits per heavy atom. The Hall–Kier alpha value is -0.970. The monoisotopic (exact) mass is 274 g/mol. The van der Waals surface area contributed by atoms with E-state index in [9.17, 15) is 26.3 Å². The molecule has 0 heterocycles. The molecule has 1 saturated carbocycles. The predicted molar refractivity (Wildman–Crippen MR) is 50.4 cm³/mol. The van der Waals surface area contributed by atoms with Crippen molar-refractivity contribution in [2.24, 2.45) is 5.92 Å². The van der Waals surface area contributed by atoms with Crippen molar-refractivity contribution in [3.05, 3.63) is 0 Å². The number of rotatable bonds is 2. The van der Waals surface area contributed by atoms with Gasteiger partial charge in [0.25, 0.3) is 0 Å². The average Bonchev–Trinajstić information content (AvgIpc) is 2.25. The summed E-state index contributed by atoms with van der Waals surface area (Å²) in [6.45, 7) is -1.36. The van der Waals surface area contributed by atoms with E-state index in [1.807, 2.05) is 5.32 Å². The van der Waals surface area contributed by atoms with Gasteiger partial charge in [0.05, 0.1) is 18.5 Å². The fraction of sp³-hybridized carbons (Fsp3) is 0.900. The van der Waals surface area contributed by atoms with Crippen LogP contribution in [0, 0.1) is 17.2 Å². The number of nitrogens with zero attached hydrogens (tertiary/aromatic N) is 1. The molecule has 2 nitrogen and oxygen atoms in total. The van der Waals surface area contributed by atoms with Gasteiger partial charge in [-0.05, 0) is 25.7 Å². The summed E-state index contributed by atoms with van der Waals surface area (Å²) in [5.74, 6) is -1.52. The highest BCUT2D eigenvalue weighted by Crippen LogP contribution is 2.41. The Kier molecular flexibility index (Phi) is 4.15. The van der Waals surface area contributed by atoms with Crippen LogP contribution >= 0.6 is 0 Å². The molecule has 18 heavy (non-hydrogen) atoms. The fourth-order valence-electron chi connectivity index (χ4n) is 2.04. The Labute approximate surface area is 100.0 Å². The Bertz CT molecular complexity index is 319. The van der Waals surface area contributed by atoms with E-state index in [4.69, 9.17) is 5.26 Å². The number of nitrogens with one attached hydrogen (secondary N) is 1. The zero-order valence-corrected chi connectivity index (χ0v) is 9.33. The molecule has 1 aliphatic rings.